The number of esters is 1. The van der Waals surface area contributed by atoms with Crippen molar-refractivity contribution in [2.24, 2.45) is 33.5 Å². The number of hydrogen-bond acceptors (Lipinski definition) is 4. The number of aliphatic hydroxyl groups is 2. The molecule has 0 aromatic carbocycles. The first-order chi connectivity index (χ1) is 11.6. The van der Waals surface area contributed by atoms with Crippen LogP contribution in [0.1, 0.15) is 72.1 Å². The van der Waals surface area contributed by atoms with E-state index >= 15 is 0 Å². The molecular formula is C21H34O4. The lowest BCUT2D eigenvalue weighted by Crippen LogP contribution is -2.63. The van der Waals surface area contributed by atoms with E-state index in [9.17, 15) is 15.0 Å². The van der Waals surface area contributed by atoms with Crippen molar-refractivity contribution in [2.75, 3.05) is 7.11 Å². The third-order valence-corrected chi connectivity index (χ3v) is 9.36. The van der Waals surface area contributed by atoms with E-state index in [2.05, 4.69) is 20.8 Å². The molecule has 0 aliphatic heterocycles. The molecule has 0 heterocycles. The lowest BCUT2D eigenvalue weighted by atomic mass is 9.39. The van der Waals surface area contributed by atoms with Gasteiger partial charge < -0.3 is 14.9 Å². The molecule has 0 radical (unpaired) electrons. The molecule has 4 heteroatoms. The molecule has 0 aromatic heterocycles. The van der Waals surface area contributed by atoms with Crippen LogP contribution in [0.5, 0.6) is 0 Å². The SMILES string of the molecule is COC(=O)[C@]1(C)CCC[C@@]2(C)[C@@H]3CC[C@@]4(C)C[C@@]3(C[C@H]4O)[C@@H](O)C[C@@H]21. The second kappa shape index (κ2) is 5.22. The van der Waals surface area contributed by atoms with Crippen molar-refractivity contribution in [3.8, 4) is 0 Å². The normalized spacial score (nSPS) is 57.5. The predicted octanol–water partition coefficient (Wildman–Crippen LogP) is 3.29. The highest BCUT2D eigenvalue weighted by molar-refractivity contribution is 5.77. The van der Waals surface area contributed by atoms with Crippen molar-refractivity contribution >= 4 is 5.97 Å². The summed E-state index contributed by atoms with van der Waals surface area (Å²) < 4.78 is 5.19. The van der Waals surface area contributed by atoms with Crippen LogP contribution in [0.3, 0.4) is 0 Å². The zero-order valence-corrected chi connectivity index (χ0v) is 16.2. The number of rotatable bonds is 1. The number of carbonyl (C=O) groups excluding carboxylic acids is 1. The highest BCUT2D eigenvalue weighted by Gasteiger charge is 2.70. The third kappa shape index (κ3) is 2.04. The smallest absolute Gasteiger partial charge is 0.311 e. The van der Waals surface area contributed by atoms with E-state index in [1.807, 2.05) is 0 Å². The van der Waals surface area contributed by atoms with E-state index in [1.54, 1.807) is 0 Å². The number of ether oxygens (including phenoxy) is 1. The van der Waals surface area contributed by atoms with E-state index in [1.165, 1.54) is 7.11 Å². The van der Waals surface area contributed by atoms with Crippen LogP contribution >= 0.6 is 0 Å². The van der Waals surface area contributed by atoms with E-state index in [0.717, 1.165) is 44.9 Å². The van der Waals surface area contributed by atoms with Gasteiger partial charge in [0.25, 0.3) is 0 Å². The molecule has 0 aromatic rings. The number of fused-ring (bicyclic) bond motifs is 3. The average molecular weight is 350 g/mol. The number of methoxy groups -OCH3 is 1. The standard InChI is InChI=1S/C21H34O4/c1-18-9-6-13-19(2)7-5-8-20(3,17(24)25-4)14(19)10-15(22)21(13,12-18)11-16(18)23/h13-16,22-23H,5-12H2,1-4H3/t13-,14-,15-,16+,18-,19-,20+,21+/m0/s1. The van der Waals surface area contributed by atoms with Gasteiger partial charge in [-0.25, -0.2) is 0 Å². The predicted molar refractivity (Wildman–Crippen MR) is 94.7 cm³/mol. The summed E-state index contributed by atoms with van der Waals surface area (Å²) in [5.74, 6) is 0.441. The third-order valence-electron chi connectivity index (χ3n) is 9.36. The van der Waals surface area contributed by atoms with Gasteiger partial charge in [0, 0.05) is 5.41 Å². The maximum Gasteiger partial charge on any atom is 0.311 e. The maximum atomic E-state index is 12.7. The fourth-order valence-corrected chi connectivity index (χ4v) is 8.10. The monoisotopic (exact) mass is 350 g/mol. The van der Waals surface area contributed by atoms with Crippen molar-refractivity contribution < 1.29 is 19.7 Å². The molecule has 4 fully saturated rings. The van der Waals surface area contributed by atoms with Gasteiger partial charge in [-0.1, -0.05) is 20.3 Å². The first-order valence-electron chi connectivity index (χ1n) is 10.1. The average Bonchev–Trinajstić information content (AvgIpc) is 2.75. The molecule has 0 amide bonds. The molecule has 8 atom stereocenters. The minimum atomic E-state index is -0.498. The summed E-state index contributed by atoms with van der Waals surface area (Å²) in [5.41, 5.74) is -0.652. The Kier molecular flexibility index (Phi) is 3.71. The summed E-state index contributed by atoms with van der Waals surface area (Å²) in [7, 11) is 1.49. The second-order valence-corrected chi connectivity index (χ2v) is 10.4. The van der Waals surface area contributed by atoms with Crippen molar-refractivity contribution in [3.05, 3.63) is 0 Å². The van der Waals surface area contributed by atoms with Crippen molar-refractivity contribution in [1.82, 2.24) is 0 Å². The van der Waals surface area contributed by atoms with E-state index < -0.39 is 11.5 Å². The second-order valence-electron chi connectivity index (χ2n) is 10.4. The van der Waals surface area contributed by atoms with Crippen LogP contribution < -0.4 is 0 Å². The van der Waals surface area contributed by atoms with Gasteiger partial charge in [0.05, 0.1) is 24.7 Å². The van der Waals surface area contributed by atoms with Crippen molar-refractivity contribution in [3.63, 3.8) is 0 Å². The van der Waals surface area contributed by atoms with Gasteiger partial charge in [-0.15, -0.1) is 0 Å². The number of carbonyl (C=O) groups is 1. The van der Waals surface area contributed by atoms with Gasteiger partial charge in [-0.2, -0.15) is 0 Å². The molecule has 1 spiro atoms. The Morgan fingerprint density at radius 1 is 1.04 bits per heavy atom. The molecule has 4 rings (SSSR count). The lowest BCUT2D eigenvalue weighted by molar-refractivity contribution is -0.213. The Morgan fingerprint density at radius 3 is 2.44 bits per heavy atom. The molecule has 4 nitrogen and oxygen atoms in total. The quantitative estimate of drug-likeness (QED) is 0.712. The van der Waals surface area contributed by atoms with Crippen LogP contribution in [-0.4, -0.2) is 35.5 Å². The van der Waals surface area contributed by atoms with Crippen molar-refractivity contribution in [2.45, 2.75) is 84.3 Å². The zero-order chi connectivity index (χ0) is 18.3. The maximum absolute atomic E-state index is 12.7. The van der Waals surface area contributed by atoms with Crippen molar-refractivity contribution in [1.29, 1.82) is 0 Å². The van der Waals surface area contributed by atoms with Gasteiger partial charge >= 0.3 is 5.97 Å². The fraction of sp³-hybridized carbons (Fsp3) is 0.952. The molecule has 4 aliphatic carbocycles. The number of aliphatic hydroxyl groups excluding tert-OH is 2. The highest BCUT2D eigenvalue weighted by atomic mass is 16.5. The summed E-state index contributed by atoms with van der Waals surface area (Å²) in [6.07, 6.45) is 6.72. The zero-order valence-electron chi connectivity index (χ0n) is 16.2. The van der Waals surface area contributed by atoms with Crippen LogP contribution in [-0.2, 0) is 9.53 Å². The van der Waals surface area contributed by atoms with Gasteiger partial charge in [0.2, 0.25) is 0 Å². The van der Waals surface area contributed by atoms with Crippen LogP contribution in [0.25, 0.3) is 0 Å². The number of hydrogen-bond donors (Lipinski definition) is 2. The molecule has 2 bridgehead atoms. The molecular weight excluding hydrogens is 316 g/mol. The summed E-state index contributed by atoms with van der Waals surface area (Å²) in [6, 6.07) is 0. The molecule has 142 valence electrons. The first kappa shape index (κ1) is 17.8. The Labute approximate surface area is 151 Å². The minimum Gasteiger partial charge on any atom is -0.469 e. The Hall–Kier alpha value is -0.610. The van der Waals surface area contributed by atoms with E-state index in [4.69, 9.17) is 4.74 Å². The summed E-state index contributed by atoms with van der Waals surface area (Å²) in [5, 5.41) is 22.0. The van der Waals surface area contributed by atoms with Crippen LogP contribution in [0.15, 0.2) is 0 Å². The minimum absolute atomic E-state index is 0.0407. The summed E-state index contributed by atoms with van der Waals surface area (Å²) >= 11 is 0. The Bertz CT molecular complexity index is 590. The topological polar surface area (TPSA) is 66.8 Å². The molecule has 25 heavy (non-hydrogen) atoms. The van der Waals surface area contributed by atoms with E-state index in [0.29, 0.717) is 12.3 Å². The van der Waals surface area contributed by atoms with Gasteiger partial charge in [-0.05, 0) is 74.5 Å². The van der Waals surface area contributed by atoms with E-state index in [-0.39, 0.29) is 34.2 Å². The Morgan fingerprint density at radius 2 is 1.76 bits per heavy atom. The first-order valence-corrected chi connectivity index (χ1v) is 10.1. The summed E-state index contributed by atoms with van der Waals surface area (Å²) in [4.78, 5) is 12.7. The van der Waals surface area contributed by atoms with Crippen LogP contribution in [0.4, 0.5) is 0 Å². The highest BCUT2D eigenvalue weighted by Crippen LogP contribution is 2.73. The molecule has 4 aliphatic rings. The van der Waals surface area contributed by atoms with Crippen LogP contribution in [0.2, 0.25) is 0 Å². The van der Waals surface area contributed by atoms with Gasteiger partial charge in [-0.3, -0.25) is 4.79 Å². The van der Waals surface area contributed by atoms with Crippen LogP contribution in [0, 0.1) is 33.5 Å². The van der Waals surface area contributed by atoms with Gasteiger partial charge in [0.15, 0.2) is 0 Å². The fourth-order valence-electron chi connectivity index (χ4n) is 8.10. The molecule has 4 saturated carbocycles. The summed E-state index contributed by atoms with van der Waals surface area (Å²) in [6.45, 7) is 6.62. The van der Waals surface area contributed by atoms with Gasteiger partial charge in [0.1, 0.15) is 0 Å². The molecule has 0 saturated heterocycles. The largest absolute Gasteiger partial charge is 0.469 e. The lowest BCUT2D eigenvalue weighted by Gasteiger charge is -2.65. The molecule has 0 unspecified atom stereocenters. The Balaban J connectivity index is 1.77. The molecule has 2 N–H and O–H groups in total.